The van der Waals surface area contributed by atoms with Crippen molar-refractivity contribution in [2.75, 3.05) is 26.3 Å². The van der Waals surface area contributed by atoms with E-state index >= 15 is 0 Å². The molecule has 108 valence electrons. The average Bonchev–Trinajstić information content (AvgIpc) is 2.38. The molecule has 1 aliphatic rings. The van der Waals surface area contributed by atoms with Gasteiger partial charge < -0.3 is 10.5 Å². The fourth-order valence-electron chi connectivity index (χ4n) is 2.33. The molecule has 1 rings (SSSR count). The van der Waals surface area contributed by atoms with Crippen LogP contribution in [0.4, 0.5) is 0 Å². The highest BCUT2D eigenvalue weighted by Gasteiger charge is 2.27. The van der Waals surface area contributed by atoms with Gasteiger partial charge in [0.15, 0.2) is 0 Å². The van der Waals surface area contributed by atoms with Gasteiger partial charge in [-0.3, -0.25) is 0 Å². The minimum Gasteiger partial charge on any atom is -0.381 e. The molecule has 18 heavy (non-hydrogen) atoms. The molecular weight excluding hydrogens is 252 g/mol. The van der Waals surface area contributed by atoms with Crippen LogP contribution in [0.1, 0.15) is 39.0 Å². The highest BCUT2D eigenvalue weighted by molar-refractivity contribution is 7.90. The summed E-state index contributed by atoms with van der Waals surface area (Å²) in [5.74, 6) is 0.356. The Hall–Kier alpha value is -0.170. The minimum absolute atomic E-state index is 0.286. The number of ether oxygens (including phenoxy) is 1. The maximum Gasteiger partial charge on any atom is 0.214 e. The van der Waals surface area contributed by atoms with Gasteiger partial charge in [0.2, 0.25) is 10.0 Å². The first-order chi connectivity index (χ1) is 8.60. The van der Waals surface area contributed by atoms with Crippen LogP contribution in [0.3, 0.4) is 0 Å². The van der Waals surface area contributed by atoms with Gasteiger partial charge in [-0.2, -0.15) is 0 Å². The molecule has 1 aliphatic heterocycles. The van der Waals surface area contributed by atoms with Crippen LogP contribution >= 0.6 is 0 Å². The van der Waals surface area contributed by atoms with Crippen molar-refractivity contribution in [3.05, 3.63) is 0 Å². The van der Waals surface area contributed by atoms with Gasteiger partial charge in [-0.15, -0.1) is 0 Å². The fraction of sp³-hybridized carbons (Fsp3) is 1.00. The van der Waals surface area contributed by atoms with E-state index in [1.54, 1.807) is 0 Å². The largest absolute Gasteiger partial charge is 0.381 e. The topological polar surface area (TPSA) is 81.4 Å². The molecule has 0 radical (unpaired) electrons. The monoisotopic (exact) mass is 278 g/mol. The van der Waals surface area contributed by atoms with E-state index in [4.69, 9.17) is 10.5 Å². The predicted molar refractivity (Wildman–Crippen MR) is 72.8 cm³/mol. The molecule has 3 N–H and O–H groups in total. The first-order valence-corrected chi connectivity index (χ1v) is 8.41. The summed E-state index contributed by atoms with van der Waals surface area (Å²) in [7, 11) is -3.19. The Bertz CT molecular complexity index is 307. The Kier molecular flexibility index (Phi) is 7.14. The van der Waals surface area contributed by atoms with E-state index in [1.165, 1.54) is 0 Å². The third-order valence-electron chi connectivity index (χ3n) is 3.45. The van der Waals surface area contributed by atoms with Crippen molar-refractivity contribution >= 4 is 10.0 Å². The molecule has 1 saturated heterocycles. The average molecular weight is 278 g/mol. The van der Waals surface area contributed by atoms with E-state index in [1.807, 2.05) is 0 Å². The Balaban J connectivity index is 2.43. The smallest absolute Gasteiger partial charge is 0.214 e. The zero-order valence-corrected chi connectivity index (χ0v) is 12.0. The van der Waals surface area contributed by atoms with Crippen LogP contribution < -0.4 is 10.5 Å². The van der Waals surface area contributed by atoms with Gasteiger partial charge in [0, 0.05) is 19.8 Å². The van der Waals surface area contributed by atoms with Crippen molar-refractivity contribution in [3.8, 4) is 0 Å². The summed E-state index contributed by atoms with van der Waals surface area (Å²) >= 11 is 0. The van der Waals surface area contributed by atoms with Gasteiger partial charge >= 0.3 is 0 Å². The third-order valence-corrected chi connectivity index (χ3v) is 5.37. The quantitative estimate of drug-likeness (QED) is 0.689. The van der Waals surface area contributed by atoms with Crippen molar-refractivity contribution in [2.24, 2.45) is 11.7 Å². The molecule has 0 amide bonds. The number of hydrogen-bond acceptors (Lipinski definition) is 4. The van der Waals surface area contributed by atoms with E-state index in [-0.39, 0.29) is 5.25 Å². The van der Waals surface area contributed by atoms with Gasteiger partial charge in [0.25, 0.3) is 0 Å². The molecule has 0 aliphatic carbocycles. The van der Waals surface area contributed by atoms with Crippen molar-refractivity contribution in [1.82, 2.24) is 4.72 Å². The Morgan fingerprint density at radius 3 is 2.56 bits per heavy atom. The Morgan fingerprint density at radius 1 is 1.33 bits per heavy atom. The lowest BCUT2D eigenvalue weighted by Crippen LogP contribution is -2.40. The highest BCUT2D eigenvalue weighted by atomic mass is 32.2. The summed E-state index contributed by atoms with van der Waals surface area (Å²) in [6.45, 7) is 4.34. The third kappa shape index (κ3) is 5.22. The molecule has 6 heteroatoms. The summed E-state index contributed by atoms with van der Waals surface area (Å²) in [5.41, 5.74) is 5.55. The van der Waals surface area contributed by atoms with Crippen molar-refractivity contribution in [2.45, 2.75) is 44.3 Å². The van der Waals surface area contributed by atoms with Crippen molar-refractivity contribution in [3.63, 3.8) is 0 Å². The van der Waals surface area contributed by atoms with Gasteiger partial charge in [0.1, 0.15) is 0 Å². The molecule has 0 aromatic carbocycles. The zero-order chi connectivity index (χ0) is 13.4. The first-order valence-electron chi connectivity index (χ1n) is 6.86. The predicted octanol–water partition coefficient (Wildman–Crippen LogP) is 0.850. The summed E-state index contributed by atoms with van der Waals surface area (Å²) in [6.07, 6.45) is 4.16. The van der Waals surface area contributed by atoms with Gasteiger partial charge in [0.05, 0.1) is 5.25 Å². The molecular formula is C12H26N2O3S. The maximum absolute atomic E-state index is 12.1. The molecule has 0 spiro atoms. The number of sulfonamides is 1. The molecule has 0 saturated carbocycles. The summed E-state index contributed by atoms with van der Waals surface area (Å²) in [5, 5.41) is -0.286. The van der Waals surface area contributed by atoms with E-state index in [0.29, 0.717) is 45.1 Å². The van der Waals surface area contributed by atoms with Crippen LogP contribution in [-0.2, 0) is 14.8 Å². The van der Waals surface area contributed by atoms with Crippen molar-refractivity contribution in [1.29, 1.82) is 0 Å². The van der Waals surface area contributed by atoms with Crippen LogP contribution in [0.2, 0.25) is 0 Å². The minimum atomic E-state index is -3.19. The van der Waals surface area contributed by atoms with E-state index < -0.39 is 10.0 Å². The number of nitrogens with one attached hydrogen (secondary N) is 1. The van der Waals surface area contributed by atoms with Crippen LogP contribution in [0.25, 0.3) is 0 Å². The van der Waals surface area contributed by atoms with Gasteiger partial charge in [-0.05, 0) is 38.1 Å². The highest BCUT2D eigenvalue weighted by Crippen LogP contribution is 2.16. The lowest BCUT2D eigenvalue weighted by Gasteiger charge is -2.24. The molecule has 1 atom stereocenters. The maximum atomic E-state index is 12.1. The molecule has 0 aromatic heterocycles. The second-order valence-electron chi connectivity index (χ2n) is 4.94. The van der Waals surface area contributed by atoms with Gasteiger partial charge in [-0.25, -0.2) is 13.1 Å². The van der Waals surface area contributed by atoms with Gasteiger partial charge in [-0.1, -0.05) is 13.3 Å². The second kappa shape index (κ2) is 8.09. The van der Waals surface area contributed by atoms with E-state index in [0.717, 1.165) is 19.3 Å². The molecule has 1 unspecified atom stereocenters. The molecule has 0 aromatic rings. The van der Waals surface area contributed by atoms with Crippen LogP contribution in [0, 0.1) is 5.92 Å². The summed E-state index contributed by atoms with van der Waals surface area (Å²) in [4.78, 5) is 0. The number of rotatable bonds is 8. The fourth-order valence-corrected chi connectivity index (χ4v) is 3.85. The first kappa shape index (κ1) is 15.9. The Labute approximate surface area is 111 Å². The Morgan fingerprint density at radius 2 is 2.00 bits per heavy atom. The lowest BCUT2D eigenvalue weighted by molar-refractivity contribution is 0.0981. The molecule has 1 heterocycles. The lowest BCUT2D eigenvalue weighted by atomic mass is 10.0. The van der Waals surface area contributed by atoms with E-state index in [2.05, 4.69) is 11.6 Å². The molecule has 1 fully saturated rings. The van der Waals surface area contributed by atoms with Crippen LogP contribution in [0.5, 0.6) is 0 Å². The SMILES string of the molecule is CCCC(CCN)CNS(=O)(=O)C1CCOCC1. The van der Waals surface area contributed by atoms with Crippen LogP contribution in [0.15, 0.2) is 0 Å². The summed E-state index contributed by atoms with van der Waals surface area (Å²) < 4.78 is 32.1. The zero-order valence-electron chi connectivity index (χ0n) is 11.2. The second-order valence-corrected chi connectivity index (χ2v) is 6.98. The van der Waals surface area contributed by atoms with Crippen molar-refractivity contribution < 1.29 is 13.2 Å². The molecule has 0 bridgehead atoms. The molecule has 5 nitrogen and oxygen atoms in total. The number of nitrogens with two attached hydrogens (primary N) is 1. The normalized spacial score (nSPS) is 19.9. The summed E-state index contributed by atoms with van der Waals surface area (Å²) in [6, 6.07) is 0. The number of hydrogen-bond donors (Lipinski definition) is 2. The van der Waals surface area contributed by atoms with Crippen LogP contribution in [-0.4, -0.2) is 40.0 Å². The van der Waals surface area contributed by atoms with E-state index in [9.17, 15) is 8.42 Å². The standard InChI is InChI=1S/C12H26N2O3S/c1-2-3-11(4-7-13)10-14-18(15,16)12-5-8-17-9-6-12/h11-12,14H,2-10,13H2,1H3.